The Morgan fingerprint density at radius 1 is 0.766 bits per heavy atom. The fourth-order valence-electron chi connectivity index (χ4n) is 7.67. The summed E-state index contributed by atoms with van der Waals surface area (Å²) in [5, 5.41) is 10.2. The van der Waals surface area contributed by atoms with Crippen molar-refractivity contribution in [3.8, 4) is 17.2 Å². The molecule has 2 fully saturated rings. The van der Waals surface area contributed by atoms with Gasteiger partial charge in [-0.1, -0.05) is 67.4 Å². The van der Waals surface area contributed by atoms with Crippen molar-refractivity contribution in [3.05, 3.63) is 122 Å². The van der Waals surface area contributed by atoms with Crippen LogP contribution in [0.2, 0.25) is 5.02 Å². The molecule has 5 heteroatoms. The van der Waals surface area contributed by atoms with Crippen molar-refractivity contribution in [3.63, 3.8) is 0 Å². The summed E-state index contributed by atoms with van der Waals surface area (Å²) in [6.45, 7) is 13.6. The minimum absolute atomic E-state index is 0.619. The molecule has 0 saturated carbocycles. The molecule has 0 radical (unpaired) electrons. The molecule has 3 heterocycles. The lowest BCUT2D eigenvalue weighted by atomic mass is 9.90. The van der Waals surface area contributed by atoms with Crippen molar-refractivity contribution >= 4 is 11.6 Å². The summed E-state index contributed by atoms with van der Waals surface area (Å²) in [4.78, 5) is 9.46. The average Bonchev–Trinajstić information content (AvgIpc) is 3.49. The van der Waals surface area contributed by atoms with Crippen LogP contribution in [0.15, 0.2) is 67.0 Å². The Balaban J connectivity index is 1.19. The molecule has 2 aliphatic rings. The largest absolute Gasteiger partial charge is 0.299 e. The average molecular weight is 645 g/mol. The predicted molar refractivity (Wildman–Crippen MR) is 195 cm³/mol. The smallest absolute Gasteiger partial charge is 0.101 e. The lowest BCUT2D eigenvalue weighted by molar-refractivity contribution is 0.220. The maximum atomic E-state index is 9.36. The van der Waals surface area contributed by atoms with Crippen LogP contribution in [-0.2, 0) is 38.8 Å². The lowest BCUT2D eigenvalue weighted by Gasteiger charge is -2.28. The maximum Gasteiger partial charge on any atom is 0.101 e. The monoisotopic (exact) mass is 644 g/mol. The molecule has 0 bridgehead atoms. The molecule has 4 aromatic rings. The van der Waals surface area contributed by atoms with E-state index in [2.05, 4.69) is 90.2 Å². The molecule has 4 nitrogen and oxygen atoms in total. The fourth-order valence-corrected chi connectivity index (χ4v) is 7.96. The molecule has 0 amide bonds. The van der Waals surface area contributed by atoms with Gasteiger partial charge in [-0.15, -0.1) is 0 Å². The molecule has 1 atom stereocenters. The second-order valence-electron chi connectivity index (χ2n) is 14.1. The van der Waals surface area contributed by atoms with Crippen LogP contribution in [0.3, 0.4) is 0 Å². The van der Waals surface area contributed by atoms with Crippen LogP contribution in [0.4, 0.5) is 0 Å². The van der Waals surface area contributed by atoms with Crippen molar-refractivity contribution in [2.24, 2.45) is 5.92 Å². The van der Waals surface area contributed by atoms with Gasteiger partial charge in [0, 0.05) is 37.1 Å². The molecule has 0 spiro atoms. The van der Waals surface area contributed by atoms with E-state index in [1.54, 1.807) is 6.20 Å². The van der Waals surface area contributed by atoms with Gasteiger partial charge in [-0.05, 0) is 152 Å². The van der Waals surface area contributed by atoms with E-state index in [-0.39, 0.29) is 0 Å². The topological polar surface area (TPSA) is 43.2 Å². The normalized spacial score (nSPS) is 17.2. The summed E-state index contributed by atoms with van der Waals surface area (Å²) >= 11 is 7.05. The van der Waals surface area contributed by atoms with Crippen molar-refractivity contribution in [2.75, 3.05) is 26.2 Å². The molecule has 1 unspecified atom stereocenters. The number of hydrogen-bond donors (Lipinski definition) is 0. The first-order valence-corrected chi connectivity index (χ1v) is 18.0. The Morgan fingerprint density at radius 2 is 1.57 bits per heavy atom. The zero-order valence-electron chi connectivity index (χ0n) is 28.5. The van der Waals surface area contributed by atoms with E-state index in [1.165, 1.54) is 88.8 Å². The number of aryl methyl sites for hydroxylation is 5. The predicted octanol–water partition coefficient (Wildman–Crippen LogP) is 9.29. The third-order valence-corrected chi connectivity index (χ3v) is 10.8. The minimum Gasteiger partial charge on any atom is -0.299 e. The summed E-state index contributed by atoms with van der Waals surface area (Å²) in [5.74, 6) is 0.810. The van der Waals surface area contributed by atoms with E-state index >= 15 is 0 Å². The summed E-state index contributed by atoms with van der Waals surface area (Å²) in [6, 6.07) is 22.6. The third-order valence-electron chi connectivity index (χ3n) is 10.4. The number of piperidine rings is 1. The highest BCUT2D eigenvalue weighted by Gasteiger charge is 2.19. The Kier molecular flexibility index (Phi) is 11.1. The number of nitriles is 1. The van der Waals surface area contributed by atoms with E-state index in [0.29, 0.717) is 5.56 Å². The van der Waals surface area contributed by atoms with Gasteiger partial charge >= 0.3 is 0 Å². The van der Waals surface area contributed by atoms with Gasteiger partial charge in [0.25, 0.3) is 0 Å². The lowest BCUT2D eigenvalue weighted by Crippen LogP contribution is -2.29. The summed E-state index contributed by atoms with van der Waals surface area (Å²) in [6.07, 6.45) is 12.3. The quantitative estimate of drug-likeness (QED) is 0.163. The van der Waals surface area contributed by atoms with Gasteiger partial charge < -0.3 is 0 Å². The number of benzene rings is 3. The van der Waals surface area contributed by atoms with Crippen LogP contribution >= 0.6 is 11.6 Å². The van der Waals surface area contributed by atoms with Crippen LogP contribution in [0.1, 0.15) is 82.7 Å². The molecule has 47 heavy (non-hydrogen) atoms. The molecule has 2 aliphatic heterocycles. The van der Waals surface area contributed by atoms with Crippen molar-refractivity contribution in [2.45, 2.75) is 85.2 Å². The summed E-state index contributed by atoms with van der Waals surface area (Å²) < 4.78 is 0. The maximum absolute atomic E-state index is 9.36. The first-order chi connectivity index (χ1) is 22.9. The van der Waals surface area contributed by atoms with Gasteiger partial charge in [-0.3, -0.25) is 14.8 Å². The van der Waals surface area contributed by atoms with E-state index in [9.17, 15) is 5.26 Å². The molecule has 0 N–H and O–H groups in total. The first kappa shape index (κ1) is 33.4. The summed E-state index contributed by atoms with van der Waals surface area (Å²) in [7, 11) is 0. The number of halogens is 1. The van der Waals surface area contributed by atoms with E-state index in [4.69, 9.17) is 11.6 Å². The van der Waals surface area contributed by atoms with Crippen LogP contribution in [0, 0.1) is 31.1 Å². The molecule has 6 rings (SSSR count). The van der Waals surface area contributed by atoms with Gasteiger partial charge in [0.2, 0.25) is 0 Å². The molecule has 2 saturated heterocycles. The minimum atomic E-state index is 0.619. The van der Waals surface area contributed by atoms with Gasteiger partial charge in [0.15, 0.2) is 0 Å². The van der Waals surface area contributed by atoms with Gasteiger partial charge in [-0.25, -0.2) is 0 Å². The Bertz CT molecular complexity index is 1730. The number of hydrogen-bond acceptors (Lipinski definition) is 4. The van der Waals surface area contributed by atoms with Gasteiger partial charge in [0.05, 0.1) is 5.56 Å². The SMILES string of the molecule is Cc1cc(CN2CCC(C)C2)ccc1-c1cccc(CCc2cc(CCc3cncc(C#N)c3)c(CN3CCCCC3)cc2Cl)c1C. The van der Waals surface area contributed by atoms with E-state index in [1.807, 2.05) is 12.3 Å². The number of aromatic nitrogens is 1. The fraction of sp³-hybridized carbons (Fsp3) is 0.429. The summed E-state index contributed by atoms with van der Waals surface area (Å²) in [5.41, 5.74) is 13.8. The second kappa shape index (κ2) is 15.6. The molecule has 3 aromatic carbocycles. The van der Waals surface area contributed by atoms with Gasteiger partial charge in [0.1, 0.15) is 6.07 Å². The van der Waals surface area contributed by atoms with Crippen LogP contribution in [0.5, 0.6) is 0 Å². The molecular weight excluding hydrogens is 596 g/mol. The number of pyridine rings is 1. The molecule has 1 aromatic heterocycles. The Hall–Kier alpha value is -3.49. The number of rotatable bonds is 11. The zero-order valence-corrected chi connectivity index (χ0v) is 29.3. The Labute approximate surface area is 287 Å². The van der Waals surface area contributed by atoms with Crippen molar-refractivity contribution < 1.29 is 0 Å². The van der Waals surface area contributed by atoms with Crippen molar-refractivity contribution in [1.82, 2.24) is 14.8 Å². The van der Waals surface area contributed by atoms with Gasteiger partial charge in [-0.2, -0.15) is 5.26 Å². The molecule has 0 aliphatic carbocycles. The molecule has 244 valence electrons. The Morgan fingerprint density at radius 3 is 2.34 bits per heavy atom. The highest BCUT2D eigenvalue weighted by molar-refractivity contribution is 6.31. The van der Waals surface area contributed by atoms with E-state index in [0.717, 1.165) is 68.4 Å². The van der Waals surface area contributed by atoms with Crippen LogP contribution in [-0.4, -0.2) is 41.0 Å². The highest BCUT2D eigenvalue weighted by Crippen LogP contribution is 2.32. The standard InChI is InChI=1S/C42H49ClN4/c1-30-16-19-47(27-30)28-34-11-15-40(31(2)20-34)41-9-7-8-36(32(41)3)13-14-38-22-37(12-10-33-21-35(24-44)26-45-25-33)39(23-42(38)43)29-46-17-5-4-6-18-46/h7-9,11,15,20-23,25-26,30H,4-6,10,12-14,16-19,27-29H2,1-3H3. The van der Waals surface area contributed by atoms with Crippen LogP contribution in [0.25, 0.3) is 11.1 Å². The highest BCUT2D eigenvalue weighted by atomic mass is 35.5. The number of nitrogens with zero attached hydrogens (tertiary/aromatic N) is 4. The van der Waals surface area contributed by atoms with Crippen LogP contribution < -0.4 is 0 Å². The third kappa shape index (κ3) is 8.52. The van der Waals surface area contributed by atoms with Crippen molar-refractivity contribution in [1.29, 1.82) is 5.26 Å². The molecular formula is C42H49ClN4. The first-order valence-electron chi connectivity index (χ1n) is 17.6. The van der Waals surface area contributed by atoms with E-state index < -0.39 is 0 Å². The zero-order chi connectivity index (χ0) is 32.8. The second-order valence-corrected chi connectivity index (χ2v) is 14.5. The number of likely N-dealkylation sites (tertiary alicyclic amines) is 2.